The molecule has 0 unspecified atom stereocenters. The van der Waals surface area contributed by atoms with E-state index in [0.717, 1.165) is 70.6 Å². The van der Waals surface area contributed by atoms with E-state index in [0.29, 0.717) is 25.7 Å². The molecule has 0 saturated heterocycles. The molecule has 0 radical (unpaired) electrons. The molecule has 26 nitrogen and oxygen atoms in total. The molecule has 80 heavy (non-hydrogen) atoms. The Morgan fingerprint density at radius 2 is 0.688 bits per heavy atom. The summed E-state index contributed by atoms with van der Waals surface area (Å²) in [5.74, 6) is -6.67. The van der Waals surface area contributed by atoms with Crippen molar-refractivity contribution in [2.75, 3.05) is 105 Å². The molecule has 0 heterocycles. The van der Waals surface area contributed by atoms with Crippen LogP contribution in [0, 0.1) is 0 Å². The van der Waals surface area contributed by atoms with Crippen molar-refractivity contribution in [3.63, 3.8) is 0 Å². The summed E-state index contributed by atoms with van der Waals surface area (Å²) in [5.41, 5.74) is 0. The van der Waals surface area contributed by atoms with Gasteiger partial charge in [0, 0.05) is 51.9 Å². The van der Waals surface area contributed by atoms with E-state index in [1.165, 1.54) is 6.42 Å². The fraction of sp³-hybridized carbons (Fsp3) is 0.815. The Morgan fingerprint density at radius 1 is 0.325 bits per heavy atom. The Hall–Kier alpha value is -5.54. The summed E-state index contributed by atoms with van der Waals surface area (Å²) in [6.07, 6.45) is 14.6. The van der Waals surface area contributed by atoms with Gasteiger partial charge in [0.15, 0.2) is 0 Å². The highest BCUT2D eigenvalue weighted by Gasteiger charge is 2.25. The highest BCUT2D eigenvalue weighted by atomic mass is 16.5. The van der Waals surface area contributed by atoms with Crippen molar-refractivity contribution in [1.82, 2.24) is 37.2 Å². The van der Waals surface area contributed by atoms with Gasteiger partial charge < -0.3 is 81.0 Å². The van der Waals surface area contributed by atoms with E-state index in [1.807, 2.05) is 0 Å². The first-order chi connectivity index (χ1) is 38.6. The third-order valence-electron chi connectivity index (χ3n) is 12.0. The number of carbonyl (C=O) groups excluding carboxylic acids is 7. The number of carbonyl (C=O) groups is 10. The topological polar surface area (TPSA) is 371 Å². The number of aliphatic carboxylic acids is 3. The van der Waals surface area contributed by atoms with Crippen LogP contribution in [-0.2, 0) is 76.4 Å². The molecule has 0 aromatic carbocycles. The smallest absolute Gasteiger partial charge is 0.329 e. The van der Waals surface area contributed by atoms with Crippen molar-refractivity contribution in [3.05, 3.63) is 0 Å². The normalized spacial score (nSPS) is 12.1. The van der Waals surface area contributed by atoms with E-state index >= 15 is 0 Å². The van der Waals surface area contributed by atoms with Gasteiger partial charge in [-0.25, -0.2) is 14.4 Å². The molecular formula is C54H97N7O19. The third kappa shape index (κ3) is 48.4. The number of ether oxygens (including phenoxy) is 6. The van der Waals surface area contributed by atoms with Crippen molar-refractivity contribution < 1.29 is 91.7 Å². The summed E-state index contributed by atoms with van der Waals surface area (Å²) in [7, 11) is 0. The monoisotopic (exact) mass is 1150 g/mol. The van der Waals surface area contributed by atoms with Crippen molar-refractivity contribution in [2.45, 2.75) is 180 Å². The molecule has 26 heteroatoms. The van der Waals surface area contributed by atoms with Gasteiger partial charge in [0.05, 0.1) is 59.5 Å². The Kier molecular flexibility index (Phi) is 49.2. The van der Waals surface area contributed by atoms with Crippen LogP contribution in [-0.4, -0.2) is 198 Å². The standard InChI is InChI=1S/C54H97N7O19/c1-3-5-7-9-11-13-15-20-46(63)60-43(53(71)72)22-24-45(62)55-26-18-17-19-42(59-48(65)25-23-44(54(73)74)61-47(64)21-16-14-12-10-8-6-4-2)52(70)58-29-32-77-34-37-79-40-50(67)56-27-30-75-33-36-78-39-49(66)57-28-31-76-35-38-80-41-51(68)69/h42-44H,3-41H2,1-2H3,(H,55,62)(H,56,67)(H,57,66)(H,58,70)(H,59,65)(H,60,63)(H,61,64)(H,68,69)(H,71,72)(H,73,74)/t42-,43-,44-/m0/s1. The molecule has 7 amide bonds. The number of hydrogen-bond donors (Lipinski definition) is 10. The first kappa shape index (κ1) is 74.5. The molecule has 0 rings (SSSR count). The van der Waals surface area contributed by atoms with Gasteiger partial charge >= 0.3 is 17.9 Å². The van der Waals surface area contributed by atoms with Crippen LogP contribution in [0.5, 0.6) is 0 Å². The van der Waals surface area contributed by atoms with Crippen LogP contribution in [0.3, 0.4) is 0 Å². The highest BCUT2D eigenvalue weighted by Crippen LogP contribution is 2.11. The average molecular weight is 1150 g/mol. The lowest BCUT2D eigenvalue weighted by molar-refractivity contribution is -0.143. The zero-order valence-electron chi connectivity index (χ0n) is 47.7. The minimum atomic E-state index is -1.30. The second-order valence-electron chi connectivity index (χ2n) is 19.1. The first-order valence-corrected chi connectivity index (χ1v) is 28.7. The third-order valence-corrected chi connectivity index (χ3v) is 12.0. The van der Waals surface area contributed by atoms with Crippen LogP contribution in [0.4, 0.5) is 0 Å². The summed E-state index contributed by atoms with van der Waals surface area (Å²) in [5, 5.41) is 46.2. The SMILES string of the molecule is CCCCCCCCCC(=O)N[C@@H](CCC(=O)NCCCC[C@H](NC(=O)CC[C@H](NC(=O)CCCCCCCCC)C(=O)O)C(=O)NCCOCCOCC(=O)NCCOCCOCC(=O)NCCOCCOCC(=O)O)C(=O)O. The van der Waals surface area contributed by atoms with Crippen LogP contribution in [0.1, 0.15) is 162 Å². The minimum absolute atomic E-state index is 0.0502. The van der Waals surface area contributed by atoms with Gasteiger partial charge in [-0.1, -0.05) is 90.9 Å². The molecule has 0 aromatic rings. The molecule has 0 bridgehead atoms. The van der Waals surface area contributed by atoms with Gasteiger partial charge in [-0.15, -0.1) is 0 Å². The molecule has 0 aliphatic carbocycles. The van der Waals surface area contributed by atoms with Crippen molar-refractivity contribution in [2.24, 2.45) is 0 Å². The number of rotatable bonds is 57. The summed E-state index contributed by atoms with van der Waals surface area (Å²) < 4.78 is 31.5. The van der Waals surface area contributed by atoms with Gasteiger partial charge in [-0.2, -0.15) is 0 Å². The molecule has 3 atom stereocenters. The molecule has 0 saturated carbocycles. The van der Waals surface area contributed by atoms with Crippen molar-refractivity contribution in [3.8, 4) is 0 Å². The Morgan fingerprint density at radius 3 is 1.12 bits per heavy atom. The molecule has 0 aliphatic heterocycles. The number of carboxylic acids is 3. The van der Waals surface area contributed by atoms with E-state index in [-0.39, 0.29) is 162 Å². The molecule has 0 fully saturated rings. The van der Waals surface area contributed by atoms with E-state index in [1.54, 1.807) is 0 Å². The number of carboxylic acid groups (broad SMARTS) is 3. The number of hydrogen-bond acceptors (Lipinski definition) is 16. The van der Waals surface area contributed by atoms with E-state index in [9.17, 15) is 58.2 Å². The number of nitrogens with one attached hydrogen (secondary N) is 7. The van der Waals surface area contributed by atoms with Crippen molar-refractivity contribution in [1.29, 1.82) is 0 Å². The van der Waals surface area contributed by atoms with Crippen LogP contribution in [0.15, 0.2) is 0 Å². The quantitative estimate of drug-likeness (QED) is 0.0391. The fourth-order valence-electron chi connectivity index (χ4n) is 7.55. The summed E-state index contributed by atoms with van der Waals surface area (Å²) in [6.45, 7) is 5.44. The van der Waals surface area contributed by atoms with Crippen LogP contribution >= 0.6 is 0 Å². The second-order valence-corrected chi connectivity index (χ2v) is 19.1. The predicted octanol–water partition coefficient (Wildman–Crippen LogP) is 2.27. The maximum Gasteiger partial charge on any atom is 0.329 e. The molecule has 10 N–H and O–H groups in total. The lowest BCUT2D eigenvalue weighted by atomic mass is 10.1. The van der Waals surface area contributed by atoms with Gasteiger partial charge in [0.25, 0.3) is 0 Å². The van der Waals surface area contributed by atoms with Gasteiger partial charge in [0.2, 0.25) is 41.4 Å². The fourth-order valence-corrected chi connectivity index (χ4v) is 7.55. The lowest BCUT2D eigenvalue weighted by Crippen LogP contribution is -2.48. The predicted molar refractivity (Wildman–Crippen MR) is 293 cm³/mol. The first-order valence-electron chi connectivity index (χ1n) is 28.7. The number of unbranched alkanes of at least 4 members (excludes halogenated alkanes) is 13. The Bertz CT molecular complexity index is 1730. The Labute approximate surface area is 472 Å². The Balaban J connectivity index is 4.79. The zero-order valence-corrected chi connectivity index (χ0v) is 47.7. The van der Waals surface area contributed by atoms with E-state index in [4.69, 9.17) is 33.5 Å². The lowest BCUT2D eigenvalue weighted by Gasteiger charge is -2.20. The maximum absolute atomic E-state index is 13.3. The van der Waals surface area contributed by atoms with Gasteiger partial charge in [-0.3, -0.25) is 33.6 Å². The summed E-state index contributed by atoms with van der Waals surface area (Å²) in [6, 6.07) is -3.56. The molecule has 0 aliphatic rings. The van der Waals surface area contributed by atoms with Crippen LogP contribution in [0.2, 0.25) is 0 Å². The average Bonchev–Trinajstić information content (AvgIpc) is 3.41. The van der Waals surface area contributed by atoms with Crippen LogP contribution < -0.4 is 37.2 Å². The molecule has 0 spiro atoms. The van der Waals surface area contributed by atoms with Crippen molar-refractivity contribution >= 4 is 59.3 Å². The van der Waals surface area contributed by atoms with E-state index in [2.05, 4.69) is 51.1 Å². The molecule has 462 valence electrons. The second kappa shape index (κ2) is 52.8. The summed E-state index contributed by atoms with van der Waals surface area (Å²) in [4.78, 5) is 122. The van der Waals surface area contributed by atoms with Gasteiger partial charge in [0.1, 0.15) is 37.9 Å². The molecular weight excluding hydrogens is 1050 g/mol. The van der Waals surface area contributed by atoms with Crippen LogP contribution in [0.25, 0.3) is 0 Å². The largest absolute Gasteiger partial charge is 0.480 e. The zero-order chi connectivity index (χ0) is 59.3. The highest BCUT2D eigenvalue weighted by molar-refractivity contribution is 5.88. The number of amides is 7. The van der Waals surface area contributed by atoms with Gasteiger partial charge in [-0.05, 0) is 44.9 Å². The molecule has 0 aromatic heterocycles. The maximum atomic E-state index is 13.3. The minimum Gasteiger partial charge on any atom is -0.480 e. The summed E-state index contributed by atoms with van der Waals surface area (Å²) >= 11 is 0. The van der Waals surface area contributed by atoms with E-state index < -0.39 is 66.3 Å².